The van der Waals surface area contributed by atoms with Crippen LogP contribution in [0.2, 0.25) is 0 Å². The predicted molar refractivity (Wildman–Crippen MR) is 135 cm³/mol. The van der Waals surface area contributed by atoms with Crippen molar-refractivity contribution in [3.05, 3.63) is 75.4 Å². The van der Waals surface area contributed by atoms with Gasteiger partial charge >= 0.3 is 6.09 Å². The van der Waals surface area contributed by atoms with Gasteiger partial charge in [0.25, 0.3) is 5.56 Å². The topological polar surface area (TPSA) is 116 Å². The second-order valence-corrected chi connectivity index (χ2v) is 9.61. The number of rotatable bonds is 3. The van der Waals surface area contributed by atoms with Gasteiger partial charge in [-0.2, -0.15) is 0 Å². The molecule has 0 atom stereocenters. The van der Waals surface area contributed by atoms with Gasteiger partial charge in [-0.1, -0.05) is 6.08 Å². The lowest BCUT2D eigenvalue weighted by molar-refractivity contribution is 0.0270. The highest BCUT2D eigenvalue weighted by molar-refractivity contribution is 5.78. The molecular formula is C26H30N6O3. The van der Waals surface area contributed by atoms with E-state index in [1.165, 1.54) is 10.5 Å². The molecule has 0 saturated carbocycles. The lowest BCUT2D eigenvalue weighted by atomic mass is 10.0. The van der Waals surface area contributed by atoms with Crippen molar-refractivity contribution in [3.8, 4) is 0 Å². The van der Waals surface area contributed by atoms with E-state index in [2.05, 4.69) is 15.0 Å². The Labute approximate surface area is 204 Å². The van der Waals surface area contributed by atoms with Crippen molar-refractivity contribution < 1.29 is 9.53 Å². The van der Waals surface area contributed by atoms with Crippen LogP contribution in [-0.2, 0) is 4.74 Å². The molecule has 2 N–H and O–H groups in total. The zero-order chi connectivity index (χ0) is 25.3. The van der Waals surface area contributed by atoms with Gasteiger partial charge < -0.3 is 15.4 Å². The molecule has 1 amide bonds. The minimum absolute atomic E-state index is 0.235. The molecule has 182 valence electrons. The van der Waals surface area contributed by atoms with Gasteiger partial charge in [0.15, 0.2) is 0 Å². The number of aryl methyl sites for hydroxylation is 2. The highest BCUT2D eigenvalue weighted by Crippen LogP contribution is 2.24. The van der Waals surface area contributed by atoms with E-state index >= 15 is 0 Å². The molecule has 3 aromatic rings. The molecule has 0 unspecified atom stereocenters. The molecule has 0 bridgehead atoms. The lowest BCUT2D eigenvalue weighted by Gasteiger charge is -2.29. The number of aromatic nitrogens is 4. The average molecular weight is 475 g/mol. The zero-order valence-electron chi connectivity index (χ0n) is 20.7. The molecule has 1 aliphatic rings. The van der Waals surface area contributed by atoms with Crippen LogP contribution in [0.25, 0.3) is 23.0 Å². The van der Waals surface area contributed by atoms with Crippen LogP contribution >= 0.6 is 0 Å². The third-order valence-electron chi connectivity index (χ3n) is 5.58. The summed E-state index contributed by atoms with van der Waals surface area (Å²) in [4.78, 5) is 40.2. The smallest absolute Gasteiger partial charge is 0.410 e. The van der Waals surface area contributed by atoms with E-state index in [9.17, 15) is 9.59 Å². The maximum absolute atomic E-state index is 12.9. The molecule has 4 heterocycles. The van der Waals surface area contributed by atoms with Crippen molar-refractivity contribution in [3.63, 3.8) is 0 Å². The first-order chi connectivity index (χ1) is 16.5. The summed E-state index contributed by atoms with van der Waals surface area (Å²) >= 11 is 0. The third-order valence-corrected chi connectivity index (χ3v) is 5.58. The Morgan fingerprint density at radius 2 is 1.97 bits per heavy atom. The first kappa shape index (κ1) is 24.1. The molecule has 9 nitrogen and oxygen atoms in total. The summed E-state index contributed by atoms with van der Waals surface area (Å²) in [6, 6.07) is 5.14. The second-order valence-electron chi connectivity index (χ2n) is 9.61. The monoisotopic (exact) mass is 474 g/mol. The van der Waals surface area contributed by atoms with Crippen molar-refractivity contribution >= 4 is 29.1 Å². The van der Waals surface area contributed by atoms with Crippen molar-refractivity contribution in [1.82, 2.24) is 24.3 Å². The molecular weight excluding hydrogens is 444 g/mol. The van der Waals surface area contributed by atoms with E-state index < -0.39 is 5.60 Å². The Morgan fingerprint density at radius 3 is 2.63 bits per heavy atom. The normalized spacial score (nSPS) is 14.7. The Morgan fingerprint density at radius 1 is 1.20 bits per heavy atom. The van der Waals surface area contributed by atoms with E-state index in [-0.39, 0.29) is 11.7 Å². The number of ether oxygens (including phenoxy) is 1. The largest absolute Gasteiger partial charge is 0.444 e. The quantitative estimate of drug-likeness (QED) is 0.617. The van der Waals surface area contributed by atoms with Gasteiger partial charge in [-0.25, -0.2) is 9.78 Å². The first-order valence-electron chi connectivity index (χ1n) is 11.5. The van der Waals surface area contributed by atoms with E-state index in [0.29, 0.717) is 42.2 Å². The summed E-state index contributed by atoms with van der Waals surface area (Å²) in [6.07, 6.45) is 7.46. The number of fused-ring (bicyclic) bond motifs is 1. The van der Waals surface area contributed by atoms with Crippen LogP contribution in [0, 0.1) is 13.8 Å². The highest BCUT2D eigenvalue weighted by atomic mass is 16.6. The number of hydrogen-bond acceptors (Lipinski definition) is 7. The minimum atomic E-state index is -0.530. The minimum Gasteiger partial charge on any atom is -0.444 e. The van der Waals surface area contributed by atoms with Crippen molar-refractivity contribution in [2.75, 3.05) is 13.1 Å². The van der Waals surface area contributed by atoms with Gasteiger partial charge in [0.2, 0.25) is 0 Å². The Bertz CT molecular complexity index is 1410. The maximum atomic E-state index is 12.9. The van der Waals surface area contributed by atoms with Crippen LogP contribution in [0.5, 0.6) is 0 Å². The average Bonchev–Trinajstić information content (AvgIpc) is 2.79. The van der Waals surface area contributed by atoms with Crippen molar-refractivity contribution in [2.24, 2.45) is 5.73 Å². The highest BCUT2D eigenvalue weighted by Gasteiger charge is 2.24. The lowest BCUT2D eigenvalue weighted by Crippen LogP contribution is -2.39. The van der Waals surface area contributed by atoms with Gasteiger partial charge in [0, 0.05) is 31.5 Å². The number of pyridine rings is 1. The summed E-state index contributed by atoms with van der Waals surface area (Å²) in [5, 5.41) is 0. The summed E-state index contributed by atoms with van der Waals surface area (Å²) in [7, 11) is 0. The fraction of sp³-hybridized carbons (Fsp3) is 0.346. The van der Waals surface area contributed by atoms with Gasteiger partial charge in [0.1, 0.15) is 11.2 Å². The molecule has 0 aromatic carbocycles. The first-order valence-corrected chi connectivity index (χ1v) is 11.5. The van der Waals surface area contributed by atoms with Crippen LogP contribution in [0.15, 0.2) is 41.5 Å². The standard InChI is InChI=1S/C26H30N6O3/c1-16-14-28-21(17(2)29-16)12-20(27)22-13-24(33)32-15-19(6-7-23(32)30-22)18-8-10-31(11-9-18)25(34)35-26(3,4)5/h6-8,12-15H,9-11,27H2,1-5H3. The Hall–Kier alpha value is -4.01. The predicted octanol–water partition coefficient (Wildman–Crippen LogP) is 3.58. The Kier molecular flexibility index (Phi) is 6.43. The number of nitrogens with zero attached hydrogens (tertiary/aromatic N) is 5. The molecule has 1 aliphatic heterocycles. The number of carbonyl (C=O) groups is 1. The molecule has 0 saturated heterocycles. The zero-order valence-corrected chi connectivity index (χ0v) is 20.7. The molecule has 3 aromatic heterocycles. The summed E-state index contributed by atoms with van der Waals surface area (Å²) in [6.45, 7) is 10.3. The second kappa shape index (κ2) is 9.32. The van der Waals surface area contributed by atoms with Gasteiger partial charge in [0.05, 0.1) is 28.5 Å². The molecule has 35 heavy (non-hydrogen) atoms. The van der Waals surface area contributed by atoms with E-state index in [1.807, 2.05) is 46.8 Å². The summed E-state index contributed by atoms with van der Waals surface area (Å²) in [5.41, 5.74) is 10.9. The SMILES string of the molecule is Cc1cnc(C=C(N)c2cc(=O)n3cc(C4=CCN(C(=O)OC(C)(C)C)CC4)ccc3n2)c(C)n1. The van der Waals surface area contributed by atoms with Crippen LogP contribution in [0.3, 0.4) is 0 Å². The molecule has 0 radical (unpaired) electrons. The van der Waals surface area contributed by atoms with Crippen LogP contribution < -0.4 is 11.3 Å². The molecule has 4 rings (SSSR count). The molecule has 0 fully saturated rings. The Balaban J connectivity index is 1.58. The molecule has 0 aliphatic carbocycles. The number of amides is 1. The van der Waals surface area contributed by atoms with E-state index in [1.54, 1.807) is 29.4 Å². The summed E-state index contributed by atoms with van der Waals surface area (Å²) < 4.78 is 6.96. The van der Waals surface area contributed by atoms with E-state index in [0.717, 1.165) is 22.5 Å². The van der Waals surface area contributed by atoms with Crippen LogP contribution in [0.1, 0.15) is 55.5 Å². The maximum Gasteiger partial charge on any atom is 0.410 e. The number of nitrogens with two attached hydrogens (primary N) is 1. The number of hydrogen-bond donors (Lipinski definition) is 1. The van der Waals surface area contributed by atoms with Gasteiger partial charge in [-0.05, 0) is 70.4 Å². The third kappa shape index (κ3) is 5.56. The molecule has 9 heteroatoms. The van der Waals surface area contributed by atoms with Crippen molar-refractivity contribution in [1.29, 1.82) is 0 Å². The van der Waals surface area contributed by atoms with Crippen LogP contribution in [-0.4, -0.2) is 49.0 Å². The fourth-order valence-corrected chi connectivity index (χ4v) is 3.83. The van der Waals surface area contributed by atoms with Gasteiger partial charge in [-0.15, -0.1) is 0 Å². The summed E-state index contributed by atoms with van der Waals surface area (Å²) in [5.74, 6) is 0. The number of carbonyl (C=O) groups excluding carboxylic acids is 1. The van der Waals surface area contributed by atoms with Crippen molar-refractivity contribution in [2.45, 2.75) is 46.6 Å². The molecule has 0 spiro atoms. The van der Waals surface area contributed by atoms with E-state index in [4.69, 9.17) is 10.5 Å². The van der Waals surface area contributed by atoms with Crippen LogP contribution in [0.4, 0.5) is 4.79 Å². The fourth-order valence-electron chi connectivity index (χ4n) is 3.83. The van der Waals surface area contributed by atoms with Gasteiger partial charge in [-0.3, -0.25) is 19.2 Å².